The second-order valence-electron chi connectivity index (χ2n) is 9.69. The summed E-state index contributed by atoms with van der Waals surface area (Å²) in [6, 6.07) is 17.7. The Balaban J connectivity index is 1.45. The van der Waals surface area contributed by atoms with Crippen LogP contribution in [-0.2, 0) is 24.1 Å². The Kier molecular flexibility index (Phi) is 6.03. The molecule has 2 aliphatic heterocycles. The van der Waals surface area contributed by atoms with Crippen molar-refractivity contribution in [1.82, 2.24) is 4.90 Å². The molecule has 2 heterocycles. The summed E-state index contributed by atoms with van der Waals surface area (Å²) >= 11 is 0. The Hall–Kier alpha value is -2.49. The Morgan fingerprint density at radius 2 is 1.53 bits per heavy atom. The number of carbonyl (C=O) groups is 1. The van der Waals surface area contributed by atoms with Crippen LogP contribution in [-0.4, -0.2) is 36.2 Å². The third-order valence-electron chi connectivity index (χ3n) is 6.22. The number of hydrogen-bond donors (Lipinski definition) is 0. The first-order chi connectivity index (χ1) is 14.4. The van der Waals surface area contributed by atoms with Crippen LogP contribution < -0.4 is 4.90 Å². The van der Waals surface area contributed by atoms with E-state index in [1.54, 1.807) is 0 Å². The number of benzene rings is 2. The number of amides is 1. The molecule has 0 radical (unpaired) electrons. The van der Waals surface area contributed by atoms with Crippen LogP contribution in [0.3, 0.4) is 0 Å². The number of carbonyl (C=O) groups excluding carboxylic acids is 1. The van der Waals surface area contributed by atoms with Gasteiger partial charge in [0.25, 0.3) is 0 Å². The molecule has 0 unspecified atom stereocenters. The number of piperidine rings is 1. The van der Waals surface area contributed by atoms with Gasteiger partial charge in [0, 0.05) is 31.9 Å². The number of fused-ring (bicyclic) bond motifs is 2. The van der Waals surface area contributed by atoms with Crippen LogP contribution in [0.5, 0.6) is 0 Å². The molecule has 2 aliphatic rings. The lowest BCUT2D eigenvalue weighted by molar-refractivity contribution is 0.0186. The van der Waals surface area contributed by atoms with Gasteiger partial charge in [0.2, 0.25) is 0 Å². The van der Waals surface area contributed by atoms with Crippen LogP contribution in [0, 0.1) is 5.92 Å². The highest BCUT2D eigenvalue weighted by Gasteiger charge is 2.28. The maximum Gasteiger partial charge on any atom is 0.410 e. The summed E-state index contributed by atoms with van der Waals surface area (Å²) in [5.41, 5.74) is 5.30. The molecule has 4 nitrogen and oxygen atoms in total. The summed E-state index contributed by atoms with van der Waals surface area (Å²) in [6.07, 6.45) is 4.07. The van der Waals surface area contributed by atoms with Crippen molar-refractivity contribution in [2.45, 2.75) is 58.6 Å². The van der Waals surface area contributed by atoms with E-state index in [0.717, 1.165) is 51.9 Å². The molecule has 4 rings (SSSR count). The van der Waals surface area contributed by atoms with Crippen molar-refractivity contribution in [3.63, 3.8) is 0 Å². The van der Waals surface area contributed by atoms with Gasteiger partial charge in [-0.25, -0.2) is 4.79 Å². The number of anilines is 1. The largest absolute Gasteiger partial charge is 0.444 e. The van der Waals surface area contributed by atoms with Crippen LogP contribution in [0.4, 0.5) is 10.5 Å². The Morgan fingerprint density at radius 3 is 2.23 bits per heavy atom. The van der Waals surface area contributed by atoms with Crippen LogP contribution in [0.1, 0.15) is 50.3 Å². The van der Waals surface area contributed by atoms with Crippen molar-refractivity contribution in [1.29, 1.82) is 0 Å². The monoisotopic (exact) mass is 406 g/mol. The van der Waals surface area contributed by atoms with Crippen molar-refractivity contribution in [3.8, 4) is 0 Å². The van der Waals surface area contributed by atoms with Gasteiger partial charge < -0.3 is 14.5 Å². The molecule has 0 aromatic heterocycles. The number of ether oxygens (including phenoxy) is 1. The number of aryl methyl sites for hydroxylation is 2. The molecule has 1 saturated heterocycles. The molecule has 0 saturated carbocycles. The van der Waals surface area contributed by atoms with E-state index in [-0.39, 0.29) is 6.09 Å². The molecule has 0 aliphatic carbocycles. The quantitative estimate of drug-likeness (QED) is 0.666. The average molecular weight is 407 g/mol. The van der Waals surface area contributed by atoms with Gasteiger partial charge in [-0.15, -0.1) is 0 Å². The van der Waals surface area contributed by atoms with Crippen molar-refractivity contribution in [3.05, 3.63) is 65.2 Å². The lowest BCUT2D eigenvalue weighted by Crippen LogP contribution is -2.44. The van der Waals surface area contributed by atoms with E-state index in [1.165, 1.54) is 22.4 Å². The third-order valence-corrected chi connectivity index (χ3v) is 6.22. The van der Waals surface area contributed by atoms with E-state index < -0.39 is 5.60 Å². The van der Waals surface area contributed by atoms with E-state index in [9.17, 15) is 4.79 Å². The summed E-state index contributed by atoms with van der Waals surface area (Å²) in [6.45, 7) is 9.34. The Bertz CT molecular complexity index is 879. The lowest BCUT2D eigenvalue weighted by atomic mass is 9.92. The minimum atomic E-state index is -0.435. The van der Waals surface area contributed by atoms with E-state index in [1.807, 2.05) is 25.7 Å². The number of nitrogens with zero attached hydrogens (tertiary/aromatic N) is 2. The minimum Gasteiger partial charge on any atom is -0.444 e. The molecule has 0 bridgehead atoms. The lowest BCUT2D eigenvalue weighted by Gasteiger charge is -2.37. The second-order valence-corrected chi connectivity index (χ2v) is 9.69. The fourth-order valence-corrected chi connectivity index (χ4v) is 4.65. The summed E-state index contributed by atoms with van der Waals surface area (Å²) in [4.78, 5) is 16.8. The zero-order valence-corrected chi connectivity index (χ0v) is 18.6. The van der Waals surface area contributed by atoms with Crippen LogP contribution in [0.15, 0.2) is 48.5 Å². The zero-order chi connectivity index (χ0) is 21.1. The topological polar surface area (TPSA) is 32.8 Å². The minimum absolute atomic E-state index is 0.175. The molecule has 0 atom stereocenters. The maximum atomic E-state index is 12.4. The van der Waals surface area contributed by atoms with E-state index in [0.29, 0.717) is 5.92 Å². The Labute approximate surface area is 180 Å². The van der Waals surface area contributed by atoms with Gasteiger partial charge in [0.05, 0.1) is 0 Å². The van der Waals surface area contributed by atoms with Crippen molar-refractivity contribution >= 4 is 11.8 Å². The summed E-state index contributed by atoms with van der Waals surface area (Å²) in [5, 5.41) is 0. The number of rotatable bonds is 2. The normalized spacial score (nSPS) is 17.6. The first-order valence-electron chi connectivity index (χ1n) is 11.3. The molecule has 2 aromatic carbocycles. The van der Waals surface area contributed by atoms with Gasteiger partial charge in [-0.1, -0.05) is 42.5 Å². The summed E-state index contributed by atoms with van der Waals surface area (Å²) in [5.74, 6) is 0.586. The first-order valence-corrected chi connectivity index (χ1v) is 11.3. The van der Waals surface area contributed by atoms with Crippen molar-refractivity contribution in [2.24, 2.45) is 5.92 Å². The molecule has 1 amide bonds. The summed E-state index contributed by atoms with van der Waals surface area (Å²) in [7, 11) is 0. The maximum absolute atomic E-state index is 12.4. The molecule has 30 heavy (non-hydrogen) atoms. The molecular weight excluding hydrogens is 372 g/mol. The molecule has 1 fully saturated rings. The van der Waals surface area contributed by atoms with Gasteiger partial charge in [0.15, 0.2) is 0 Å². The summed E-state index contributed by atoms with van der Waals surface area (Å²) < 4.78 is 5.55. The standard InChI is InChI=1S/C26H34N2O2/c1-26(2,3)30-25(29)27-16-14-20(15-17-27)18-28-19-23-10-5-4-8-21(23)12-13-22-9-6-7-11-24(22)28/h4-11,20H,12-19H2,1-3H3. The molecule has 2 aromatic rings. The van der Waals surface area contributed by atoms with Gasteiger partial charge in [0.1, 0.15) is 5.60 Å². The van der Waals surface area contributed by atoms with Gasteiger partial charge >= 0.3 is 6.09 Å². The number of hydrogen-bond acceptors (Lipinski definition) is 3. The fraction of sp³-hybridized carbons (Fsp3) is 0.500. The first kappa shape index (κ1) is 20.8. The highest BCUT2D eigenvalue weighted by Crippen LogP contribution is 2.31. The van der Waals surface area contributed by atoms with Gasteiger partial charge in [-0.2, -0.15) is 0 Å². The zero-order valence-electron chi connectivity index (χ0n) is 18.6. The fourth-order valence-electron chi connectivity index (χ4n) is 4.65. The number of likely N-dealkylation sites (tertiary alicyclic amines) is 1. The van der Waals surface area contributed by atoms with E-state index in [4.69, 9.17) is 4.74 Å². The molecule has 0 N–H and O–H groups in total. The van der Waals surface area contributed by atoms with Gasteiger partial charge in [-0.3, -0.25) is 0 Å². The van der Waals surface area contributed by atoms with Crippen LogP contribution in [0.2, 0.25) is 0 Å². The van der Waals surface area contributed by atoms with Crippen molar-refractivity contribution in [2.75, 3.05) is 24.5 Å². The Morgan fingerprint density at radius 1 is 0.933 bits per heavy atom. The SMILES string of the molecule is CC(C)(C)OC(=O)N1CCC(CN2Cc3ccccc3CCc3ccccc32)CC1. The average Bonchev–Trinajstić information content (AvgIpc) is 2.71. The molecule has 160 valence electrons. The second kappa shape index (κ2) is 8.71. The smallest absolute Gasteiger partial charge is 0.410 e. The van der Waals surface area contributed by atoms with E-state index >= 15 is 0 Å². The highest BCUT2D eigenvalue weighted by atomic mass is 16.6. The predicted octanol–water partition coefficient (Wildman–Crippen LogP) is 5.44. The van der Waals surface area contributed by atoms with Crippen molar-refractivity contribution < 1.29 is 9.53 Å². The predicted molar refractivity (Wildman–Crippen MR) is 122 cm³/mol. The molecule has 0 spiro atoms. The van der Waals surface area contributed by atoms with Crippen LogP contribution >= 0.6 is 0 Å². The number of para-hydroxylation sites is 1. The van der Waals surface area contributed by atoms with Gasteiger partial charge in [-0.05, 0) is 75.1 Å². The highest BCUT2D eigenvalue weighted by molar-refractivity contribution is 5.68. The third kappa shape index (κ3) is 4.97. The molecule has 4 heteroatoms. The molecular formula is C26H34N2O2. The van der Waals surface area contributed by atoms with Crippen LogP contribution in [0.25, 0.3) is 0 Å². The van der Waals surface area contributed by atoms with E-state index in [2.05, 4.69) is 53.4 Å².